The number of hydrogen-bond donors (Lipinski definition) is 0. The van der Waals surface area contributed by atoms with Crippen LogP contribution >= 0.6 is 11.3 Å². The van der Waals surface area contributed by atoms with Crippen molar-refractivity contribution in [2.75, 3.05) is 7.05 Å². The number of para-hydroxylation sites is 1. The lowest BCUT2D eigenvalue weighted by atomic mass is 10.2. The number of aryl methyl sites for hydroxylation is 1. The smallest absolute Gasteiger partial charge is 0.259 e. The van der Waals surface area contributed by atoms with Crippen molar-refractivity contribution in [3.05, 3.63) is 69.3 Å². The van der Waals surface area contributed by atoms with Crippen molar-refractivity contribution < 1.29 is 4.42 Å². The van der Waals surface area contributed by atoms with E-state index in [9.17, 15) is 4.79 Å². The highest BCUT2D eigenvalue weighted by molar-refractivity contribution is 7.15. The molecule has 0 aliphatic carbocycles. The van der Waals surface area contributed by atoms with E-state index in [4.69, 9.17) is 4.42 Å². The molecule has 3 aromatic heterocycles. The first-order valence-corrected chi connectivity index (χ1v) is 9.06. The van der Waals surface area contributed by atoms with Crippen LogP contribution in [0.3, 0.4) is 0 Å². The molecule has 25 heavy (non-hydrogen) atoms. The topological polar surface area (TPSA) is 50.8 Å². The van der Waals surface area contributed by atoms with E-state index in [-0.39, 0.29) is 11.6 Å². The maximum absolute atomic E-state index is 12.3. The zero-order valence-corrected chi connectivity index (χ0v) is 15.2. The van der Waals surface area contributed by atoms with E-state index in [0.717, 1.165) is 33.1 Å². The molecule has 3 heterocycles. The summed E-state index contributed by atoms with van der Waals surface area (Å²) in [5.74, 6) is 0.911. The van der Waals surface area contributed by atoms with Crippen LogP contribution in [0.1, 0.15) is 30.1 Å². The first kappa shape index (κ1) is 16.1. The van der Waals surface area contributed by atoms with Gasteiger partial charge in [-0.15, -0.1) is 11.3 Å². The van der Waals surface area contributed by atoms with Crippen LogP contribution in [0.15, 0.2) is 51.0 Å². The molecular formula is C19H19N3O2S. The van der Waals surface area contributed by atoms with Crippen molar-refractivity contribution in [2.24, 2.45) is 0 Å². The molecule has 4 aromatic rings. The molecule has 4 rings (SSSR count). The Bertz CT molecular complexity index is 1080. The third-order valence-corrected chi connectivity index (χ3v) is 5.50. The standard InChI is InChI=1S/C19H19N3O2S/c1-12-11-25-19-20-15(9-18(23)22(12)19)10-21(3)13(2)17-8-14-6-4-5-7-16(14)24-17/h4-9,11,13H,10H2,1-3H3/t13-/m1/s1. The number of nitrogens with zero attached hydrogens (tertiary/aromatic N) is 3. The quantitative estimate of drug-likeness (QED) is 0.556. The lowest BCUT2D eigenvalue weighted by molar-refractivity contribution is 0.224. The fourth-order valence-electron chi connectivity index (χ4n) is 3.00. The Morgan fingerprint density at radius 3 is 2.92 bits per heavy atom. The number of fused-ring (bicyclic) bond motifs is 2. The summed E-state index contributed by atoms with van der Waals surface area (Å²) in [4.78, 5) is 19.8. The molecule has 0 aliphatic rings. The number of rotatable bonds is 4. The number of benzene rings is 1. The number of hydrogen-bond acceptors (Lipinski definition) is 5. The van der Waals surface area contributed by atoms with Crippen LogP contribution in [-0.4, -0.2) is 21.3 Å². The van der Waals surface area contributed by atoms with Gasteiger partial charge in [0.2, 0.25) is 0 Å². The van der Waals surface area contributed by atoms with Crippen molar-refractivity contribution in [1.29, 1.82) is 0 Å². The highest BCUT2D eigenvalue weighted by Gasteiger charge is 2.18. The molecule has 6 heteroatoms. The Morgan fingerprint density at radius 2 is 2.12 bits per heavy atom. The third kappa shape index (κ3) is 2.88. The van der Waals surface area contributed by atoms with Gasteiger partial charge in [-0.2, -0.15) is 0 Å². The van der Waals surface area contributed by atoms with Gasteiger partial charge in [0.05, 0.1) is 11.7 Å². The van der Waals surface area contributed by atoms with Crippen molar-refractivity contribution >= 4 is 27.3 Å². The molecule has 0 fully saturated rings. The molecule has 1 atom stereocenters. The summed E-state index contributed by atoms with van der Waals surface area (Å²) in [6, 6.07) is 11.8. The van der Waals surface area contributed by atoms with Crippen LogP contribution in [0, 0.1) is 6.92 Å². The zero-order chi connectivity index (χ0) is 17.6. The second kappa shape index (κ2) is 6.13. The second-order valence-electron chi connectivity index (χ2n) is 6.36. The molecule has 0 saturated carbocycles. The van der Waals surface area contributed by atoms with Gasteiger partial charge < -0.3 is 4.42 Å². The Hall–Kier alpha value is -2.44. The number of furan rings is 1. The molecule has 0 unspecified atom stereocenters. The van der Waals surface area contributed by atoms with E-state index >= 15 is 0 Å². The van der Waals surface area contributed by atoms with Gasteiger partial charge in [-0.05, 0) is 33.0 Å². The van der Waals surface area contributed by atoms with E-state index in [1.54, 1.807) is 10.5 Å². The van der Waals surface area contributed by atoms with E-state index in [0.29, 0.717) is 6.54 Å². The van der Waals surface area contributed by atoms with Gasteiger partial charge in [0, 0.05) is 29.1 Å². The van der Waals surface area contributed by atoms with Crippen molar-refractivity contribution in [3.63, 3.8) is 0 Å². The monoisotopic (exact) mass is 353 g/mol. The van der Waals surface area contributed by atoms with E-state index in [1.165, 1.54) is 11.3 Å². The molecule has 5 nitrogen and oxygen atoms in total. The van der Waals surface area contributed by atoms with Gasteiger partial charge in [0.25, 0.3) is 5.56 Å². The van der Waals surface area contributed by atoms with Crippen molar-refractivity contribution in [2.45, 2.75) is 26.4 Å². The Kier molecular flexibility index (Phi) is 3.94. The van der Waals surface area contributed by atoms with Crippen LogP contribution in [-0.2, 0) is 6.54 Å². The Balaban J connectivity index is 1.60. The predicted octanol–water partition coefficient (Wildman–Crippen LogP) is 4.00. The van der Waals surface area contributed by atoms with Gasteiger partial charge in [0.15, 0.2) is 4.96 Å². The SMILES string of the molecule is Cc1csc2nc(CN(C)[C@H](C)c3cc4ccccc4o3)cc(=O)n12. The van der Waals surface area contributed by atoms with Gasteiger partial charge in [-0.3, -0.25) is 14.1 Å². The fourth-order valence-corrected chi connectivity index (χ4v) is 3.89. The summed E-state index contributed by atoms with van der Waals surface area (Å²) in [5, 5.41) is 3.05. The molecule has 0 amide bonds. The number of thiazole rings is 1. The molecule has 0 N–H and O–H groups in total. The van der Waals surface area contributed by atoms with E-state index in [1.807, 2.05) is 43.6 Å². The first-order valence-electron chi connectivity index (χ1n) is 8.18. The highest BCUT2D eigenvalue weighted by Crippen LogP contribution is 2.27. The maximum atomic E-state index is 12.3. The molecule has 0 bridgehead atoms. The summed E-state index contributed by atoms with van der Waals surface area (Å²) < 4.78 is 7.61. The highest BCUT2D eigenvalue weighted by atomic mass is 32.1. The molecule has 0 radical (unpaired) electrons. The summed E-state index contributed by atoms with van der Waals surface area (Å²) in [6.07, 6.45) is 0. The molecular weight excluding hydrogens is 334 g/mol. The minimum Gasteiger partial charge on any atom is -0.459 e. The molecule has 0 aliphatic heterocycles. The predicted molar refractivity (Wildman–Crippen MR) is 100 cm³/mol. The van der Waals surface area contributed by atoms with Crippen LogP contribution in [0.4, 0.5) is 0 Å². The summed E-state index contributed by atoms with van der Waals surface area (Å²) in [5.41, 5.74) is 2.57. The summed E-state index contributed by atoms with van der Waals surface area (Å²) >= 11 is 1.49. The molecule has 0 spiro atoms. The van der Waals surface area contributed by atoms with Crippen molar-refractivity contribution in [1.82, 2.24) is 14.3 Å². The van der Waals surface area contributed by atoms with Crippen LogP contribution in [0.25, 0.3) is 15.9 Å². The van der Waals surface area contributed by atoms with Crippen LogP contribution in [0.5, 0.6) is 0 Å². The minimum absolute atomic E-state index is 0.0245. The molecule has 0 saturated heterocycles. The van der Waals surface area contributed by atoms with Gasteiger partial charge in [0.1, 0.15) is 11.3 Å². The summed E-state index contributed by atoms with van der Waals surface area (Å²) in [6.45, 7) is 4.60. The lowest BCUT2D eigenvalue weighted by Crippen LogP contribution is -2.24. The number of aromatic nitrogens is 2. The van der Waals surface area contributed by atoms with E-state index in [2.05, 4.69) is 22.9 Å². The van der Waals surface area contributed by atoms with Crippen molar-refractivity contribution in [3.8, 4) is 0 Å². The normalized spacial score (nSPS) is 13.1. The zero-order valence-electron chi connectivity index (χ0n) is 14.4. The molecule has 1 aromatic carbocycles. The minimum atomic E-state index is -0.0245. The van der Waals surface area contributed by atoms with E-state index < -0.39 is 0 Å². The maximum Gasteiger partial charge on any atom is 0.259 e. The fraction of sp³-hybridized carbons (Fsp3) is 0.263. The average Bonchev–Trinajstić information content (AvgIpc) is 3.18. The van der Waals surface area contributed by atoms with Gasteiger partial charge in [-0.25, -0.2) is 4.98 Å². The summed E-state index contributed by atoms with van der Waals surface area (Å²) in [7, 11) is 2.01. The van der Waals surface area contributed by atoms with Crippen LogP contribution in [0.2, 0.25) is 0 Å². The lowest BCUT2D eigenvalue weighted by Gasteiger charge is -2.22. The van der Waals surface area contributed by atoms with Crippen LogP contribution < -0.4 is 5.56 Å². The molecule has 128 valence electrons. The van der Waals surface area contributed by atoms with Gasteiger partial charge >= 0.3 is 0 Å². The first-order chi connectivity index (χ1) is 12.0. The average molecular weight is 353 g/mol. The second-order valence-corrected chi connectivity index (χ2v) is 7.20. The largest absolute Gasteiger partial charge is 0.459 e. The third-order valence-electron chi connectivity index (χ3n) is 4.56. The Labute approximate surface area is 149 Å². The Morgan fingerprint density at radius 1 is 1.32 bits per heavy atom. The van der Waals surface area contributed by atoms with Gasteiger partial charge in [-0.1, -0.05) is 18.2 Å².